The van der Waals surface area contributed by atoms with Crippen molar-refractivity contribution >= 4 is 5.91 Å². The van der Waals surface area contributed by atoms with Crippen LogP contribution in [0.2, 0.25) is 0 Å². The zero-order chi connectivity index (χ0) is 14.8. The summed E-state index contributed by atoms with van der Waals surface area (Å²) in [5.74, 6) is 0.616. The molecule has 2 N–H and O–H groups in total. The molecule has 1 rings (SSSR count). The number of nitrogens with one attached hydrogen (secondary N) is 2. The standard InChI is InChI=1S/C17H28N2O/c1-4-5-12-19-17(20)15(3)18-13-11-14(2)16-9-7-6-8-10-16/h6-10,14-15,18H,4-5,11-13H2,1-3H3,(H,19,20). The van der Waals surface area contributed by atoms with Crippen LogP contribution in [0.25, 0.3) is 0 Å². The summed E-state index contributed by atoms with van der Waals surface area (Å²) >= 11 is 0. The Labute approximate surface area is 123 Å². The fraction of sp³-hybridized carbons (Fsp3) is 0.588. The molecule has 1 aromatic carbocycles. The third kappa shape index (κ3) is 6.20. The summed E-state index contributed by atoms with van der Waals surface area (Å²) in [5.41, 5.74) is 1.36. The van der Waals surface area contributed by atoms with Gasteiger partial charge >= 0.3 is 0 Å². The van der Waals surface area contributed by atoms with E-state index in [0.717, 1.165) is 32.4 Å². The molecule has 112 valence electrons. The Hall–Kier alpha value is -1.35. The fourth-order valence-electron chi connectivity index (χ4n) is 2.10. The molecule has 3 heteroatoms. The number of rotatable bonds is 9. The van der Waals surface area contributed by atoms with E-state index in [-0.39, 0.29) is 11.9 Å². The molecule has 0 aliphatic carbocycles. The Balaban J connectivity index is 2.21. The third-order valence-electron chi connectivity index (χ3n) is 3.62. The van der Waals surface area contributed by atoms with E-state index in [2.05, 4.69) is 48.7 Å². The van der Waals surface area contributed by atoms with Crippen molar-refractivity contribution in [2.24, 2.45) is 0 Å². The van der Waals surface area contributed by atoms with Crippen molar-refractivity contribution in [2.75, 3.05) is 13.1 Å². The van der Waals surface area contributed by atoms with Crippen LogP contribution in [0, 0.1) is 0 Å². The molecule has 0 heterocycles. The Kier molecular flexibility index (Phi) is 7.97. The summed E-state index contributed by atoms with van der Waals surface area (Å²) < 4.78 is 0. The van der Waals surface area contributed by atoms with E-state index in [4.69, 9.17) is 0 Å². The Morgan fingerprint density at radius 3 is 2.50 bits per heavy atom. The van der Waals surface area contributed by atoms with E-state index in [1.807, 2.05) is 13.0 Å². The molecule has 3 nitrogen and oxygen atoms in total. The molecule has 20 heavy (non-hydrogen) atoms. The molecule has 0 bridgehead atoms. The molecule has 0 saturated heterocycles. The van der Waals surface area contributed by atoms with Gasteiger partial charge in [-0.1, -0.05) is 50.6 Å². The third-order valence-corrected chi connectivity index (χ3v) is 3.62. The van der Waals surface area contributed by atoms with Crippen molar-refractivity contribution in [3.05, 3.63) is 35.9 Å². The van der Waals surface area contributed by atoms with Crippen molar-refractivity contribution in [1.82, 2.24) is 10.6 Å². The van der Waals surface area contributed by atoms with Crippen molar-refractivity contribution in [1.29, 1.82) is 0 Å². The highest BCUT2D eigenvalue weighted by Crippen LogP contribution is 2.17. The first-order chi connectivity index (χ1) is 9.65. The zero-order valence-electron chi connectivity index (χ0n) is 13.0. The first kappa shape index (κ1) is 16.7. The molecule has 2 atom stereocenters. The smallest absolute Gasteiger partial charge is 0.236 e. The van der Waals surface area contributed by atoms with Gasteiger partial charge in [-0.15, -0.1) is 0 Å². The second-order valence-electron chi connectivity index (χ2n) is 5.42. The number of benzene rings is 1. The maximum absolute atomic E-state index is 11.8. The molecule has 1 amide bonds. The fourth-order valence-corrected chi connectivity index (χ4v) is 2.10. The van der Waals surface area contributed by atoms with E-state index >= 15 is 0 Å². The minimum atomic E-state index is -0.116. The Bertz CT molecular complexity index is 378. The summed E-state index contributed by atoms with van der Waals surface area (Å²) in [6.45, 7) is 7.91. The lowest BCUT2D eigenvalue weighted by Gasteiger charge is -2.16. The molecule has 0 aliphatic rings. The molecule has 0 spiro atoms. The van der Waals surface area contributed by atoms with Gasteiger partial charge in [-0.05, 0) is 37.8 Å². The lowest BCUT2D eigenvalue weighted by molar-refractivity contribution is -0.122. The predicted octanol–water partition coefficient (Wildman–Crippen LogP) is 3.07. The van der Waals surface area contributed by atoms with Gasteiger partial charge in [0.25, 0.3) is 0 Å². The minimum Gasteiger partial charge on any atom is -0.355 e. The zero-order valence-corrected chi connectivity index (χ0v) is 13.0. The van der Waals surface area contributed by atoms with Crippen LogP contribution in [0.5, 0.6) is 0 Å². The summed E-state index contributed by atoms with van der Waals surface area (Å²) in [7, 11) is 0. The number of hydrogen-bond acceptors (Lipinski definition) is 2. The van der Waals surface area contributed by atoms with Gasteiger partial charge < -0.3 is 10.6 Å². The van der Waals surface area contributed by atoms with Crippen LogP contribution in [0.3, 0.4) is 0 Å². The van der Waals surface area contributed by atoms with Gasteiger partial charge in [0.05, 0.1) is 6.04 Å². The average Bonchev–Trinajstić information content (AvgIpc) is 2.48. The molecule has 0 aliphatic heterocycles. The van der Waals surface area contributed by atoms with Crippen molar-refractivity contribution in [2.45, 2.75) is 52.0 Å². The normalized spacial score (nSPS) is 13.8. The SMILES string of the molecule is CCCCNC(=O)C(C)NCCC(C)c1ccccc1. The average molecular weight is 276 g/mol. The number of carbonyl (C=O) groups is 1. The number of amides is 1. The van der Waals surface area contributed by atoms with Crippen molar-refractivity contribution < 1.29 is 4.79 Å². The quantitative estimate of drug-likeness (QED) is 0.681. The number of unbranched alkanes of at least 4 members (excludes halogenated alkanes) is 1. The van der Waals surface area contributed by atoms with Gasteiger partial charge in [0, 0.05) is 6.54 Å². The first-order valence-electron chi connectivity index (χ1n) is 7.71. The molecule has 0 fully saturated rings. The largest absolute Gasteiger partial charge is 0.355 e. The van der Waals surface area contributed by atoms with Crippen molar-refractivity contribution in [3.8, 4) is 0 Å². The lowest BCUT2D eigenvalue weighted by Crippen LogP contribution is -2.42. The second-order valence-corrected chi connectivity index (χ2v) is 5.42. The lowest BCUT2D eigenvalue weighted by atomic mass is 9.98. The molecular weight excluding hydrogens is 248 g/mol. The van der Waals surface area contributed by atoms with Gasteiger partial charge in [-0.3, -0.25) is 4.79 Å². The van der Waals surface area contributed by atoms with E-state index in [0.29, 0.717) is 5.92 Å². The second kappa shape index (κ2) is 9.54. The van der Waals surface area contributed by atoms with Crippen LogP contribution in [0.1, 0.15) is 51.5 Å². The van der Waals surface area contributed by atoms with Gasteiger partial charge in [0.2, 0.25) is 5.91 Å². The van der Waals surface area contributed by atoms with Gasteiger partial charge in [-0.25, -0.2) is 0 Å². The summed E-state index contributed by atoms with van der Waals surface area (Å²) in [6.07, 6.45) is 3.19. The highest BCUT2D eigenvalue weighted by molar-refractivity contribution is 5.81. The first-order valence-corrected chi connectivity index (χ1v) is 7.71. The van der Waals surface area contributed by atoms with Crippen LogP contribution >= 0.6 is 0 Å². The van der Waals surface area contributed by atoms with Crippen LogP contribution in [0.4, 0.5) is 0 Å². The Morgan fingerprint density at radius 2 is 1.85 bits per heavy atom. The van der Waals surface area contributed by atoms with Crippen molar-refractivity contribution in [3.63, 3.8) is 0 Å². The molecule has 2 unspecified atom stereocenters. The number of hydrogen-bond donors (Lipinski definition) is 2. The molecule has 0 aromatic heterocycles. The Morgan fingerprint density at radius 1 is 1.15 bits per heavy atom. The maximum atomic E-state index is 11.8. The van der Waals surface area contributed by atoms with E-state index in [1.54, 1.807) is 0 Å². The monoisotopic (exact) mass is 276 g/mol. The molecule has 1 aromatic rings. The van der Waals surface area contributed by atoms with Crippen LogP contribution in [0.15, 0.2) is 30.3 Å². The molecular formula is C17H28N2O. The van der Waals surface area contributed by atoms with Gasteiger partial charge in [-0.2, -0.15) is 0 Å². The van der Waals surface area contributed by atoms with E-state index < -0.39 is 0 Å². The summed E-state index contributed by atoms with van der Waals surface area (Å²) in [5, 5.41) is 6.25. The predicted molar refractivity (Wildman–Crippen MR) is 84.9 cm³/mol. The maximum Gasteiger partial charge on any atom is 0.236 e. The molecule has 0 saturated carbocycles. The summed E-state index contributed by atoms with van der Waals surface area (Å²) in [6, 6.07) is 10.4. The minimum absolute atomic E-state index is 0.103. The highest BCUT2D eigenvalue weighted by atomic mass is 16.2. The topological polar surface area (TPSA) is 41.1 Å². The van der Waals surface area contributed by atoms with Crippen LogP contribution in [-0.2, 0) is 4.79 Å². The van der Waals surface area contributed by atoms with E-state index in [1.165, 1.54) is 5.56 Å². The highest BCUT2D eigenvalue weighted by Gasteiger charge is 2.12. The van der Waals surface area contributed by atoms with Crippen LogP contribution < -0.4 is 10.6 Å². The summed E-state index contributed by atoms with van der Waals surface area (Å²) in [4.78, 5) is 11.8. The van der Waals surface area contributed by atoms with Gasteiger partial charge in [0.1, 0.15) is 0 Å². The number of carbonyl (C=O) groups excluding carboxylic acids is 1. The van der Waals surface area contributed by atoms with Crippen LogP contribution in [-0.4, -0.2) is 25.0 Å². The van der Waals surface area contributed by atoms with E-state index in [9.17, 15) is 4.79 Å². The van der Waals surface area contributed by atoms with Gasteiger partial charge in [0.15, 0.2) is 0 Å². The molecule has 0 radical (unpaired) electrons.